The van der Waals surface area contributed by atoms with Gasteiger partial charge in [0, 0.05) is 39.1 Å². The second-order valence-electron chi connectivity index (χ2n) is 10.2. The lowest BCUT2D eigenvalue weighted by Crippen LogP contribution is -2.35. The molecule has 0 radical (unpaired) electrons. The number of anilines is 2. The summed E-state index contributed by atoms with van der Waals surface area (Å²) in [5.41, 5.74) is 2.98. The highest BCUT2D eigenvalue weighted by molar-refractivity contribution is 7.15. The van der Waals surface area contributed by atoms with E-state index in [1.165, 1.54) is 23.2 Å². The normalized spacial score (nSPS) is 11.6. The zero-order valence-electron chi connectivity index (χ0n) is 23.3. The lowest BCUT2D eigenvalue weighted by Gasteiger charge is -2.24. The van der Waals surface area contributed by atoms with E-state index in [1.54, 1.807) is 13.1 Å². The zero-order valence-corrected chi connectivity index (χ0v) is 24.1. The predicted octanol–water partition coefficient (Wildman–Crippen LogP) is 5.54. The van der Waals surface area contributed by atoms with Gasteiger partial charge in [-0.25, -0.2) is 4.79 Å². The Morgan fingerprint density at radius 3 is 2.39 bits per heavy atom. The third kappa shape index (κ3) is 12.1. The smallest absolute Gasteiger partial charge is 0.410 e. The Kier molecular flexibility index (Phi) is 11.6. The van der Waals surface area contributed by atoms with Crippen LogP contribution in [0.15, 0.2) is 48.2 Å². The number of ether oxygens (including phenoxy) is 1. The van der Waals surface area contributed by atoms with E-state index >= 15 is 0 Å². The molecule has 2 heterocycles. The first kappa shape index (κ1) is 30.6. The largest absolute Gasteiger partial charge is 0.444 e. The van der Waals surface area contributed by atoms with Crippen LogP contribution < -0.4 is 10.6 Å². The lowest BCUT2D eigenvalue weighted by molar-refractivity contribution is -0.114. The van der Waals surface area contributed by atoms with Crippen molar-refractivity contribution in [1.29, 1.82) is 0 Å². The van der Waals surface area contributed by atoms with Crippen LogP contribution in [0.25, 0.3) is 0 Å². The molecular weight excluding hydrogens is 502 g/mol. The van der Waals surface area contributed by atoms with Gasteiger partial charge in [-0.1, -0.05) is 36.1 Å². The van der Waals surface area contributed by atoms with Crippen LogP contribution in [-0.2, 0) is 22.4 Å². The van der Waals surface area contributed by atoms with Crippen molar-refractivity contribution in [1.82, 2.24) is 25.3 Å². The number of hydrogen-bond donors (Lipinski definition) is 2. The maximum Gasteiger partial charge on any atom is 0.410 e. The number of nitrogens with one attached hydrogen (secondary N) is 2. The van der Waals surface area contributed by atoms with Crippen molar-refractivity contribution in [3.05, 3.63) is 58.9 Å². The van der Waals surface area contributed by atoms with Gasteiger partial charge in [-0.15, -0.1) is 15.3 Å². The number of likely N-dealkylation sites (N-methyl/N-ethyl adjacent to an activating group) is 1. The third-order valence-corrected chi connectivity index (χ3v) is 5.83. The molecule has 38 heavy (non-hydrogen) atoms. The van der Waals surface area contributed by atoms with Gasteiger partial charge < -0.3 is 20.3 Å². The fourth-order valence-corrected chi connectivity index (χ4v) is 4.25. The molecule has 0 aliphatic heterocycles. The maximum atomic E-state index is 12.2. The second kappa shape index (κ2) is 14.4. The van der Waals surface area contributed by atoms with Crippen LogP contribution in [0, 0.1) is 0 Å². The highest BCUT2D eigenvalue weighted by Gasteiger charge is 2.19. The molecule has 2 aromatic heterocycles. The fourth-order valence-electron chi connectivity index (χ4n) is 3.42. The molecule has 0 spiro atoms. The molecule has 11 heteroatoms. The van der Waals surface area contributed by atoms with Gasteiger partial charge in [0.2, 0.25) is 11.0 Å². The Morgan fingerprint density at radius 1 is 1.05 bits per heavy atom. The van der Waals surface area contributed by atoms with Crippen molar-refractivity contribution in [3.8, 4) is 0 Å². The van der Waals surface area contributed by atoms with E-state index in [0.717, 1.165) is 53.2 Å². The average Bonchev–Trinajstić information content (AvgIpc) is 3.22. The number of aryl methyl sites for hydroxylation is 2. The summed E-state index contributed by atoms with van der Waals surface area (Å²) in [6.45, 7) is 17.6. The van der Waals surface area contributed by atoms with Crippen LogP contribution in [0.2, 0.25) is 0 Å². The molecule has 2 amide bonds. The number of carbonyl (C=O) groups excluding carboxylic acids is 2. The standard InChI is InChI=1S/C27H39N7O3S/c1-18(15-19(2)17-34(8)26(36)37-27(5,6)7)16-20(3)28-25-33-32-24(38-25)12-10-9-11-22-13-14-23(31-30-22)29-21(4)35/h13-15H,1,3,9-12,16-17H2,2,4-8H3,(H,28,33)(H,29,31,35)/b19-15+. The van der Waals surface area contributed by atoms with Gasteiger partial charge in [0.25, 0.3) is 0 Å². The molecule has 0 aliphatic rings. The third-order valence-electron chi connectivity index (χ3n) is 4.93. The van der Waals surface area contributed by atoms with Gasteiger partial charge in [0.1, 0.15) is 10.6 Å². The van der Waals surface area contributed by atoms with Gasteiger partial charge in [0.05, 0.1) is 5.69 Å². The maximum absolute atomic E-state index is 12.2. The van der Waals surface area contributed by atoms with E-state index in [0.29, 0.717) is 23.9 Å². The van der Waals surface area contributed by atoms with E-state index in [-0.39, 0.29) is 12.0 Å². The minimum absolute atomic E-state index is 0.168. The summed E-state index contributed by atoms with van der Waals surface area (Å²) in [5, 5.41) is 24.1. The van der Waals surface area contributed by atoms with Crippen LogP contribution in [0.5, 0.6) is 0 Å². The van der Waals surface area contributed by atoms with Crippen LogP contribution in [0.1, 0.15) is 64.6 Å². The number of amides is 2. The minimum Gasteiger partial charge on any atom is -0.444 e. The van der Waals surface area contributed by atoms with Crippen LogP contribution in [0.4, 0.5) is 15.7 Å². The van der Waals surface area contributed by atoms with Gasteiger partial charge in [0.15, 0.2) is 5.82 Å². The Bertz CT molecular complexity index is 1150. The summed E-state index contributed by atoms with van der Waals surface area (Å²) in [6.07, 6.45) is 5.65. The molecule has 0 atom stereocenters. The predicted molar refractivity (Wildman–Crippen MR) is 152 cm³/mol. The molecule has 0 bridgehead atoms. The molecule has 10 nitrogen and oxygen atoms in total. The summed E-state index contributed by atoms with van der Waals surface area (Å²) >= 11 is 1.51. The molecule has 2 rings (SSSR count). The lowest BCUT2D eigenvalue weighted by atomic mass is 10.1. The summed E-state index contributed by atoms with van der Waals surface area (Å²) < 4.78 is 5.39. The van der Waals surface area contributed by atoms with Crippen LogP contribution >= 0.6 is 11.3 Å². The van der Waals surface area contributed by atoms with Gasteiger partial charge in [-0.2, -0.15) is 5.10 Å². The topological polar surface area (TPSA) is 122 Å². The number of unbranched alkanes of at least 4 members (excludes halogenated alkanes) is 1. The number of carbonyl (C=O) groups is 2. The molecular formula is C27H39N7O3S. The Balaban J connectivity index is 1.72. The highest BCUT2D eigenvalue weighted by Crippen LogP contribution is 2.21. The summed E-state index contributed by atoms with van der Waals surface area (Å²) in [5.74, 6) is 0.288. The summed E-state index contributed by atoms with van der Waals surface area (Å²) in [4.78, 5) is 24.7. The van der Waals surface area contributed by atoms with Crippen molar-refractivity contribution in [2.45, 2.75) is 72.3 Å². The van der Waals surface area contributed by atoms with Crippen molar-refractivity contribution < 1.29 is 14.3 Å². The second-order valence-corrected chi connectivity index (χ2v) is 11.3. The minimum atomic E-state index is -0.529. The van der Waals surface area contributed by atoms with Crippen LogP contribution in [-0.4, -0.2) is 56.5 Å². The summed E-state index contributed by atoms with van der Waals surface area (Å²) in [7, 11) is 1.71. The number of allylic oxidation sites excluding steroid dienone is 2. The SMILES string of the molecule is C=C(/C=C(\C)CN(C)C(=O)OC(C)(C)C)CC(=C)Nc1nnc(CCCCc2ccc(NC(C)=O)nn2)s1. The van der Waals surface area contributed by atoms with Crippen molar-refractivity contribution in [2.75, 3.05) is 24.2 Å². The van der Waals surface area contributed by atoms with Crippen molar-refractivity contribution in [3.63, 3.8) is 0 Å². The molecule has 0 unspecified atom stereocenters. The van der Waals surface area contributed by atoms with Crippen molar-refractivity contribution in [2.24, 2.45) is 0 Å². The quantitative estimate of drug-likeness (QED) is 0.250. The average molecular weight is 542 g/mol. The monoisotopic (exact) mass is 541 g/mol. The molecule has 206 valence electrons. The van der Waals surface area contributed by atoms with Gasteiger partial charge in [-0.05, 0) is 64.7 Å². The van der Waals surface area contributed by atoms with Gasteiger partial charge >= 0.3 is 6.09 Å². The number of rotatable bonds is 13. The Labute approximate surface area is 229 Å². The number of nitrogens with zero attached hydrogens (tertiary/aromatic N) is 5. The number of hydrogen-bond acceptors (Lipinski definition) is 9. The zero-order chi connectivity index (χ0) is 28.3. The summed E-state index contributed by atoms with van der Waals surface area (Å²) in [6, 6.07) is 3.63. The Hall–Kier alpha value is -3.60. The van der Waals surface area contributed by atoms with E-state index in [9.17, 15) is 9.59 Å². The Morgan fingerprint density at radius 2 is 1.76 bits per heavy atom. The molecule has 0 fully saturated rings. The van der Waals surface area contributed by atoms with Crippen LogP contribution in [0.3, 0.4) is 0 Å². The molecule has 0 aromatic carbocycles. The van der Waals surface area contributed by atoms with E-state index in [4.69, 9.17) is 4.74 Å². The first-order valence-electron chi connectivity index (χ1n) is 12.5. The molecule has 0 aliphatic carbocycles. The molecule has 2 aromatic rings. The first-order chi connectivity index (χ1) is 17.8. The molecule has 2 N–H and O–H groups in total. The van der Waals surface area contributed by atoms with Crippen molar-refractivity contribution >= 4 is 34.3 Å². The number of aromatic nitrogens is 4. The van der Waals surface area contributed by atoms with Gasteiger partial charge in [-0.3, -0.25) is 4.79 Å². The first-order valence-corrected chi connectivity index (χ1v) is 13.3. The van der Waals surface area contributed by atoms with E-state index in [2.05, 4.69) is 44.2 Å². The molecule has 0 saturated heterocycles. The fraction of sp³-hybridized carbons (Fsp3) is 0.481. The highest BCUT2D eigenvalue weighted by atomic mass is 32.1. The van der Waals surface area contributed by atoms with E-state index in [1.807, 2.05) is 39.8 Å². The van der Waals surface area contributed by atoms with E-state index < -0.39 is 5.60 Å². The molecule has 0 saturated carbocycles.